The average Bonchev–Trinajstić information content (AvgIpc) is 2.85. The van der Waals surface area contributed by atoms with Gasteiger partial charge in [0, 0.05) is 13.1 Å². The molecule has 0 aromatic carbocycles. The van der Waals surface area contributed by atoms with Crippen LogP contribution in [0.5, 0.6) is 0 Å². The van der Waals surface area contributed by atoms with Crippen LogP contribution in [0, 0.1) is 5.41 Å². The first-order valence-electron chi connectivity index (χ1n) is 7.42. The molecule has 0 saturated heterocycles. The largest absolute Gasteiger partial charge is 0.314 e. The normalized spacial score (nSPS) is 27.1. The maximum Gasteiger partial charge on any atom is 0.0766 e. The molecule has 3 nitrogen and oxygen atoms in total. The molecule has 1 aliphatic carbocycles. The Balaban J connectivity index is 2.11. The topological polar surface area (TPSA) is 29.9 Å². The SMILES string of the molecule is CCNC1CCC(C)(Cc2c(Br)c(CC)nn2C)C1. The molecule has 0 amide bonds. The molecule has 1 fully saturated rings. The predicted molar refractivity (Wildman–Crippen MR) is 83.4 cm³/mol. The summed E-state index contributed by atoms with van der Waals surface area (Å²) in [7, 11) is 2.07. The molecule has 1 heterocycles. The van der Waals surface area contributed by atoms with Crippen molar-refractivity contribution < 1.29 is 0 Å². The van der Waals surface area contributed by atoms with Gasteiger partial charge in [-0.15, -0.1) is 0 Å². The average molecular weight is 328 g/mol. The van der Waals surface area contributed by atoms with E-state index >= 15 is 0 Å². The number of aromatic nitrogens is 2. The molecule has 1 aliphatic rings. The van der Waals surface area contributed by atoms with E-state index in [1.165, 1.54) is 35.1 Å². The standard InChI is InChI=1S/C15H26BrN3/c1-5-12-14(16)13(19(4)18-12)10-15(3)8-7-11(9-15)17-6-2/h11,17H,5-10H2,1-4H3. The molecule has 2 rings (SSSR count). The Morgan fingerprint density at radius 2 is 2.21 bits per heavy atom. The summed E-state index contributed by atoms with van der Waals surface area (Å²) in [6.45, 7) is 7.86. The van der Waals surface area contributed by atoms with Crippen molar-refractivity contribution in [2.75, 3.05) is 6.54 Å². The molecular weight excluding hydrogens is 302 g/mol. The lowest BCUT2D eigenvalue weighted by Gasteiger charge is -2.24. The highest BCUT2D eigenvalue weighted by atomic mass is 79.9. The Labute approximate surface area is 125 Å². The van der Waals surface area contributed by atoms with Crippen LogP contribution in [0.3, 0.4) is 0 Å². The Morgan fingerprint density at radius 3 is 2.79 bits per heavy atom. The molecule has 0 radical (unpaired) electrons. The zero-order chi connectivity index (χ0) is 14.0. The minimum Gasteiger partial charge on any atom is -0.314 e. The lowest BCUT2D eigenvalue weighted by Crippen LogP contribution is -2.28. The molecule has 4 heteroatoms. The first kappa shape index (κ1) is 15.0. The van der Waals surface area contributed by atoms with Gasteiger partial charge in [-0.1, -0.05) is 20.8 Å². The Morgan fingerprint density at radius 1 is 1.47 bits per heavy atom. The highest BCUT2D eigenvalue weighted by Crippen LogP contribution is 2.42. The smallest absolute Gasteiger partial charge is 0.0766 e. The minimum atomic E-state index is 0.411. The summed E-state index contributed by atoms with van der Waals surface area (Å²) in [6, 6.07) is 0.702. The quantitative estimate of drug-likeness (QED) is 0.897. The van der Waals surface area contributed by atoms with Gasteiger partial charge in [0.25, 0.3) is 0 Å². The van der Waals surface area contributed by atoms with Crippen LogP contribution >= 0.6 is 15.9 Å². The van der Waals surface area contributed by atoms with Gasteiger partial charge in [0.1, 0.15) is 0 Å². The monoisotopic (exact) mass is 327 g/mol. The Kier molecular flexibility index (Phi) is 4.72. The van der Waals surface area contributed by atoms with Crippen molar-refractivity contribution in [3.8, 4) is 0 Å². The van der Waals surface area contributed by atoms with E-state index in [1.807, 2.05) is 0 Å². The number of rotatable bonds is 5. The summed E-state index contributed by atoms with van der Waals surface area (Å²) >= 11 is 3.74. The molecule has 108 valence electrons. The Bertz CT molecular complexity index is 441. The van der Waals surface area contributed by atoms with E-state index in [9.17, 15) is 0 Å². The fourth-order valence-electron chi connectivity index (χ4n) is 3.36. The third kappa shape index (κ3) is 3.22. The van der Waals surface area contributed by atoms with Gasteiger partial charge in [-0.3, -0.25) is 4.68 Å². The summed E-state index contributed by atoms with van der Waals surface area (Å²) in [6.07, 6.45) is 6.01. The summed E-state index contributed by atoms with van der Waals surface area (Å²) < 4.78 is 3.29. The van der Waals surface area contributed by atoms with Gasteiger partial charge >= 0.3 is 0 Å². The lowest BCUT2D eigenvalue weighted by molar-refractivity contribution is 0.314. The number of halogens is 1. The van der Waals surface area contributed by atoms with Gasteiger partial charge in [0.05, 0.1) is 15.9 Å². The first-order valence-corrected chi connectivity index (χ1v) is 8.22. The van der Waals surface area contributed by atoms with Crippen LogP contribution in [0.15, 0.2) is 4.47 Å². The summed E-state index contributed by atoms with van der Waals surface area (Å²) in [5, 5.41) is 8.21. The first-order chi connectivity index (χ1) is 8.99. The molecule has 0 spiro atoms. The lowest BCUT2D eigenvalue weighted by atomic mass is 9.83. The molecule has 0 aliphatic heterocycles. The summed E-state index contributed by atoms with van der Waals surface area (Å²) in [4.78, 5) is 0. The van der Waals surface area contributed by atoms with Crippen LogP contribution in [0.2, 0.25) is 0 Å². The van der Waals surface area contributed by atoms with Crippen molar-refractivity contribution in [1.29, 1.82) is 0 Å². The zero-order valence-corrected chi connectivity index (χ0v) is 14.2. The minimum absolute atomic E-state index is 0.411. The number of nitrogens with one attached hydrogen (secondary N) is 1. The van der Waals surface area contributed by atoms with Crippen LogP contribution in [0.1, 0.15) is 51.4 Å². The van der Waals surface area contributed by atoms with Crippen molar-refractivity contribution in [2.45, 2.75) is 58.9 Å². The molecule has 1 aromatic heterocycles. The van der Waals surface area contributed by atoms with Crippen LogP contribution in [0.25, 0.3) is 0 Å². The van der Waals surface area contributed by atoms with Gasteiger partial charge in [-0.05, 0) is 60.0 Å². The third-order valence-electron chi connectivity index (χ3n) is 4.43. The fraction of sp³-hybridized carbons (Fsp3) is 0.800. The van der Waals surface area contributed by atoms with Gasteiger partial charge in [0.15, 0.2) is 0 Å². The van der Waals surface area contributed by atoms with E-state index in [-0.39, 0.29) is 0 Å². The number of nitrogens with zero attached hydrogens (tertiary/aromatic N) is 2. The predicted octanol–water partition coefficient (Wildman–Crippen LogP) is 3.46. The zero-order valence-electron chi connectivity index (χ0n) is 12.6. The van der Waals surface area contributed by atoms with E-state index in [0.29, 0.717) is 11.5 Å². The van der Waals surface area contributed by atoms with E-state index in [2.05, 4.69) is 58.8 Å². The molecule has 2 atom stereocenters. The van der Waals surface area contributed by atoms with E-state index < -0.39 is 0 Å². The van der Waals surface area contributed by atoms with Gasteiger partial charge in [-0.25, -0.2) is 0 Å². The van der Waals surface area contributed by atoms with Crippen molar-refractivity contribution in [3.63, 3.8) is 0 Å². The second-order valence-corrected chi connectivity index (χ2v) is 6.96. The Hall–Kier alpha value is -0.350. The molecule has 1 N–H and O–H groups in total. The van der Waals surface area contributed by atoms with Crippen molar-refractivity contribution in [3.05, 3.63) is 15.9 Å². The molecule has 1 saturated carbocycles. The van der Waals surface area contributed by atoms with Crippen molar-refractivity contribution >= 4 is 15.9 Å². The maximum absolute atomic E-state index is 4.61. The van der Waals surface area contributed by atoms with Gasteiger partial charge < -0.3 is 5.32 Å². The van der Waals surface area contributed by atoms with Crippen molar-refractivity contribution in [1.82, 2.24) is 15.1 Å². The van der Waals surface area contributed by atoms with E-state index in [1.54, 1.807) is 0 Å². The molecule has 19 heavy (non-hydrogen) atoms. The van der Waals surface area contributed by atoms with E-state index in [4.69, 9.17) is 0 Å². The summed E-state index contributed by atoms with van der Waals surface area (Å²) in [5.74, 6) is 0. The molecule has 2 unspecified atom stereocenters. The van der Waals surface area contributed by atoms with Crippen LogP contribution in [-0.4, -0.2) is 22.4 Å². The number of hydrogen-bond acceptors (Lipinski definition) is 2. The van der Waals surface area contributed by atoms with Crippen molar-refractivity contribution in [2.24, 2.45) is 12.5 Å². The molecular formula is C15H26BrN3. The second kappa shape index (κ2) is 5.96. The van der Waals surface area contributed by atoms with Crippen LogP contribution in [0.4, 0.5) is 0 Å². The molecule has 1 aromatic rings. The maximum atomic E-state index is 4.61. The molecule has 0 bridgehead atoms. The van der Waals surface area contributed by atoms with Gasteiger partial charge in [0.2, 0.25) is 0 Å². The van der Waals surface area contributed by atoms with Crippen LogP contribution < -0.4 is 5.32 Å². The van der Waals surface area contributed by atoms with E-state index in [0.717, 1.165) is 19.4 Å². The number of aryl methyl sites for hydroxylation is 2. The van der Waals surface area contributed by atoms with Crippen LogP contribution in [-0.2, 0) is 19.9 Å². The highest BCUT2D eigenvalue weighted by Gasteiger charge is 2.36. The third-order valence-corrected chi connectivity index (χ3v) is 5.34. The second-order valence-electron chi connectivity index (χ2n) is 6.17. The number of hydrogen-bond donors (Lipinski definition) is 1. The summed E-state index contributed by atoms with van der Waals surface area (Å²) in [5.41, 5.74) is 2.95. The highest BCUT2D eigenvalue weighted by molar-refractivity contribution is 9.10. The van der Waals surface area contributed by atoms with Gasteiger partial charge in [-0.2, -0.15) is 5.10 Å². The fourth-order valence-corrected chi connectivity index (χ4v) is 4.12.